The molecule has 1 aliphatic heterocycles. The number of carbonyl (C=O) groups excluding carboxylic acids is 1. The molecule has 3 aromatic rings. The number of hydrogen-bond donors (Lipinski definition) is 1. The topological polar surface area (TPSA) is 89.4 Å². The van der Waals surface area contributed by atoms with Gasteiger partial charge in [-0.2, -0.15) is 0 Å². The highest BCUT2D eigenvalue weighted by atomic mass is 35.5. The fraction of sp³-hybridized carbons (Fsp3) is 0.188. The number of carbonyl (C=O) groups is 1. The first-order chi connectivity index (χ1) is 11.5. The van der Waals surface area contributed by atoms with Crippen molar-refractivity contribution >= 4 is 44.9 Å². The molecule has 2 aromatic heterocycles. The Bertz CT molecular complexity index is 1030. The number of thiazole rings is 1. The van der Waals surface area contributed by atoms with Crippen LogP contribution in [-0.4, -0.2) is 22.3 Å². The molecule has 0 radical (unpaired) electrons. The Morgan fingerprint density at radius 1 is 1.38 bits per heavy atom. The second-order valence-corrected chi connectivity index (χ2v) is 7.08. The number of halogens is 1. The van der Waals surface area contributed by atoms with Crippen LogP contribution in [0.3, 0.4) is 0 Å². The lowest BCUT2D eigenvalue weighted by Gasteiger charge is -2.25. The molecule has 0 spiro atoms. The third-order valence-electron chi connectivity index (χ3n) is 3.96. The van der Waals surface area contributed by atoms with Crippen molar-refractivity contribution in [3.63, 3.8) is 0 Å². The van der Waals surface area contributed by atoms with E-state index in [0.717, 1.165) is 10.6 Å². The molecule has 4 rings (SSSR count). The molecule has 0 bridgehead atoms. The van der Waals surface area contributed by atoms with E-state index in [1.165, 1.54) is 17.4 Å². The van der Waals surface area contributed by atoms with Crippen molar-refractivity contribution in [3.05, 3.63) is 55.8 Å². The summed E-state index contributed by atoms with van der Waals surface area (Å²) in [6, 6.07) is 6.44. The average Bonchev–Trinajstić information content (AvgIpc) is 2.93. The minimum Gasteiger partial charge on any atom is -0.422 e. The first-order valence-electron chi connectivity index (χ1n) is 7.28. The molecule has 0 fully saturated rings. The van der Waals surface area contributed by atoms with Crippen LogP contribution in [0.4, 0.5) is 5.13 Å². The van der Waals surface area contributed by atoms with E-state index >= 15 is 0 Å². The molecule has 3 heterocycles. The third-order valence-corrected chi connectivity index (χ3v) is 5.11. The molecule has 1 amide bonds. The van der Waals surface area contributed by atoms with Crippen LogP contribution < -0.4 is 11.4 Å². The van der Waals surface area contributed by atoms with Crippen LogP contribution in [0.15, 0.2) is 33.5 Å². The fourth-order valence-electron chi connectivity index (χ4n) is 2.80. The van der Waals surface area contributed by atoms with Crippen molar-refractivity contribution in [2.75, 3.05) is 12.3 Å². The van der Waals surface area contributed by atoms with Gasteiger partial charge in [-0.05, 0) is 24.3 Å². The number of benzene rings is 1. The van der Waals surface area contributed by atoms with E-state index in [9.17, 15) is 9.59 Å². The highest BCUT2D eigenvalue weighted by Gasteiger charge is 2.26. The highest BCUT2D eigenvalue weighted by molar-refractivity contribution is 7.15. The van der Waals surface area contributed by atoms with Gasteiger partial charge in [0.1, 0.15) is 11.1 Å². The predicted molar refractivity (Wildman–Crippen MR) is 92.5 cm³/mol. The lowest BCUT2D eigenvalue weighted by atomic mass is 10.1. The average molecular weight is 362 g/mol. The molecule has 24 heavy (non-hydrogen) atoms. The number of amides is 1. The van der Waals surface area contributed by atoms with E-state index in [2.05, 4.69) is 4.98 Å². The smallest absolute Gasteiger partial charge is 0.349 e. The SMILES string of the molecule is Nc1nc2c(s1)CN(C(=O)c1cc3cc(Cl)ccc3oc1=O)CC2. The molecular formula is C16H12ClN3O3S. The van der Waals surface area contributed by atoms with E-state index in [0.29, 0.717) is 40.6 Å². The van der Waals surface area contributed by atoms with Crippen LogP contribution >= 0.6 is 22.9 Å². The molecule has 122 valence electrons. The van der Waals surface area contributed by atoms with E-state index in [1.807, 2.05) is 0 Å². The van der Waals surface area contributed by atoms with Crippen molar-refractivity contribution in [1.29, 1.82) is 0 Å². The van der Waals surface area contributed by atoms with E-state index in [4.69, 9.17) is 21.8 Å². The van der Waals surface area contributed by atoms with E-state index in [1.54, 1.807) is 23.1 Å². The Hall–Kier alpha value is -2.38. The Balaban J connectivity index is 1.71. The standard InChI is InChI=1S/C16H12ClN3O3S/c17-9-1-2-12-8(5-9)6-10(15(22)23-12)14(21)20-4-3-11-13(7-20)24-16(18)19-11/h1-2,5-6H,3-4,7H2,(H2,18,19). The van der Waals surface area contributed by atoms with Gasteiger partial charge in [-0.15, -0.1) is 11.3 Å². The molecule has 6 nitrogen and oxygen atoms in total. The summed E-state index contributed by atoms with van der Waals surface area (Å²) in [6.45, 7) is 0.887. The zero-order valence-corrected chi connectivity index (χ0v) is 14.0. The summed E-state index contributed by atoms with van der Waals surface area (Å²) < 4.78 is 5.24. The van der Waals surface area contributed by atoms with Crippen LogP contribution in [0.2, 0.25) is 5.02 Å². The van der Waals surface area contributed by atoms with Crippen molar-refractivity contribution in [1.82, 2.24) is 9.88 Å². The minimum atomic E-state index is -0.649. The zero-order valence-electron chi connectivity index (χ0n) is 12.4. The molecular weight excluding hydrogens is 350 g/mol. The van der Waals surface area contributed by atoms with Gasteiger partial charge in [-0.25, -0.2) is 9.78 Å². The highest BCUT2D eigenvalue weighted by Crippen LogP contribution is 2.27. The molecule has 0 unspecified atom stereocenters. The lowest BCUT2D eigenvalue weighted by molar-refractivity contribution is 0.0732. The van der Waals surface area contributed by atoms with Gasteiger partial charge in [0, 0.05) is 28.3 Å². The summed E-state index contributed by atoms with van der Waals surface area (Å²) in [7, 11) is 0. The summed E-state index contributed by atoms with van der Waals surface area (Å²) in [5.74, 6) is -0.358. The summed E-state index contributed by atoms with van der Waals surface area (Å²) in [4.78, 5) is 31.7. The summed E-state index contributed by atoms with van der Waals surface area (Å²) >= 11 is 7.33. The zero-order chi connectivity index (χ0) is 16.8. The van der Waals surface area contributed by atoms with Crippen molar-refractivity contribution in [3.8, 4) is 0 Å². The first-order valence-corrected chi connectivity index (χ1v) is 8.47. The van der Waals surface area contributed by atoms with Gasteiger partial charge in [-0.3, -0.25) is 4.79 Å². The van der Waals surface area contributed by atoms with Crippen molar-refractivity contribution < 1.29 is 9.21 Å². The summed E-state index contributed by atoms with van der Waals surface area (Å²) in [5.41, 5.74) is 6.40. The maximum atomic E-state index is 12.8. The second-order valence-electron chi connectivity index (χ2n) is 5.53. The molecule has 1 aromatic carbocycles. The number of nitrogens with two attached hydrogens (primary N) is 1. The molecule has 0 saturated carbocycles. The third kappa shape index (κ3) is 2.55. The Morgan fingerprint density at radius 3 is 3.04 bits per heavy atom. The maximum Gasteiger partial charge on any atom is 0.349 e. The normalized spacial score (nSPS) is 14.0. The molecule has 2 N–H and O–H groups in total. The minimum absolute atomic E-state index is 0.00528. The van der Waals surface area contributed by atoms with Gasteiger partial charge in [-0.1, -0.05) is 11.6 Å². The number of rotatable bonds is 1. The van der Waals surface area contributed by atoms with Crippen LogP contribution in [0.1, 0.15) is 20.9 Å². The van der Waals surface area contributed by atoms with Gasteiger partial charge in [0.2, 0.25) is 0 Å². The first kappa shape index (κ1) is 15.2. The lowest BCUT2D eigenvalue weighted by Crippen LogP contribution is -2.37. The van der Waals surface area contributed by atoms with E-state index < -0.39 is 5.63 Å². The largest absolute Gasteiger partial charge is 0.422 e. The summed E-state index contributed by atoms with van der Waals surface area (Å²) in [5, 5.41) is 1.62. The van der Waals surface area contributed by atoms with Crippen LogP contribution in [0.5, 0.6) is 0 Å². The number of nitrogens with zero attached hydrogens (tertiary/aromatic N) is 2. The molecule has 1 aliphatic rings. The number of aromatic nitrogens is 1. The Morgan fingerprint density at radius 2 is 2.21 bits per heavy atom. The van der Waals surface area contributed by atoms with Gasteiger partial charge in [0.15, 0.2) is 5.13 Å². The van der Waals surface area contributed by atoms with E-state index in [-0.39, 0.29) is 11.5 Å². The monoisotopic (exact) mass is 361 g/mol. The Labute approximate surface area is 145 Å². The predicted octanol–water partition coefficient (Wildman–Crippen LogP) is 2.68. The van der Waals surface area contributed by atoms with Crippen molar-refractivity contribution in [2.24, 2.45) is 0 Å². The van der Waals surface area contributed by atoms with Gasteiger partial charge >= 0.3 is 5.63 Å². The molecule has 8 heteroatoms. The fourth-order valence-corrected chi connectivity index (χ4v) is 3.88. The summed E-state index contributed by atoms with van der Waals surface area (Å²) in [6.07, 6.45) is 0.625. The van der Waals surface area contributed by atoms with Crippen LogP contribution in [-0.2, 0) is 13.0 Å². The number of fused-ring (bicyclic) bond motifs is 2. The molecule has 0 saturated heterocycles. The number of nitrogen functional groups attached to an aromatic ring is 1. The number of hydrogen-bond acceptors (Lipinski definition) is 6. The Kier molecular flexibility index (Phi) is 3.54. The van der Waals surface area contributed by atoms with Crippen molar-refractivity contribution in [2.45, 2.75) is 13.0 Å². The van der Waals surface area contributed by atoms with Crippen LogP contribution in [0.25, 0.3) is 11.0 Å². The molecule has 0 aliphatic carbocycles. The molecule has 0 atom stereocenters. The second kappa shape index (κ2) is 5.61. The van der Waals surface area contributed by atoms with Crippen LogP contribution in [0, 0.1) is 0 Å². The number of anilines is 1. The quantitative estimate of drug-likeness (QED) is 0.673. The van der Waals surface area contributed by atoms with Gasteiger partial charge in [0.05, 0.1) is 12.2 Å². The van der Waals surface area contributed by atoms with Gasteiger partial charge < -0.3 is 15.1 Å². The van der Waals surface area contributed by atoms with Gasteiger partial charge in [0.25, 0.3) is 5.91 Å². The maximum absolute atomic E-state index is 12.8.